The molecule has 5 rings (SSSR count). The topological polar surface area (TPSA) is 79.8 Å². The summed E-state index contributed by atoms with van der Waals surface area (Å²) in [6, 6.07) is 14.6. The molecule has 30 heavy (non-hydrogen) atoms. The van der Waals surface area contributed by atoms with Crippen LogP contribution in [-0.2, 0) is 17.8 Å². The van der Waals surface area contributed by atoms with Crippen LogP contribution in [0.3, 0.4) is 0 Å². The highest BCUT2D eigenvalue weighted by atomic mass is 32.2. The summed E-state index contributed by atoms with van der Waals surface area (Å²) < 4.78 is 1.56. The maximum absolute atomic E-state index is 13.1. The normalized spacial score (nSPS) is 15.4. The van der Waals surface area contributed by atoms with Gasteiger partial charge >= 0.3 is 0 Å². The number of carbonyl (C=O) groups excluding carboxylic acids is 1. The largest absolute Gasteiger partial charge is 0.361 e. The molecule has 154 valence electrons. The molecule has 0 saturated carbocycles. The standard InChI is InChI=1S/C20H16N4O2.C3H8S/c25-19-17(9-12-10-21-15-7-3-1-5-13(12)15)24-18(11-22-19)23-16-8-4-2-6-14(16)20(24)26;1-3-4-2/h1-8,10,17,21H,9,11H2,(H,22,25);3H2,1-2H3. The van der Waals surface area contributed by atoms with Crippen LogP contribution >= 0.6 is 11.8 Å². The zero-order valence-electron chi connectivity index (χ0n) is 17.0. The SMILES string of the molecule is CCSC.O=C1NCc2nc3ccccc3c(=O)n2C1Cc1c[nH]c2ccccc12. The molecule has 1 unspecified atom stereocenters. The smallest absolute Gasteiger partial charge is 0.262 e. The number of amides is 1. The van der Waals surface area contributed by atoms with Gasteiger partial charge in [-0.3, -0.25) is 14.2 Å². The molecule has 0 bridgehead atoms. The molecular formula is C23H24N4O2S. The van der Waals surface area contributed by atoms with Crippen LogP contribution in [0, 0.1) is 0 Å². The van der Waals surface area contributed by atoms with Crippen molar-refractivity contribution in [3.05, 3.63) is 76.5 Å². The van der Waals surface area contributed by atoms with Crippen LogP contribution < -0.4 is 10.9 Å². The van der Waals surface area contributed by atoms with Gasteiger partial charge in [-0.05, 0) is 35.8 Å². The number of thioether (sulfide) groups is 1. The Bertz CT molecular complexity index is 1260. The number of carbonyl (C=O) groups is 1. The zero-order chi connectivity index (χ0) is 21.1. The first-order valence-electron chi connectivity index (χ1n) is 9.95. The van der Waals surface area contributed by atoms with E-state index >= 15 is 0 Å². The third kappa shape index (κ3) is 3.73. The molecule has 3 heterocycles. The lowest BCUT2D eigenvalue weighted by molar-refractivity contribution is -0.125. The second-order valence-corrected chi connectivity index (χ2v) is 8.25. The second-order valence-electron chi connectivity index (χ2n) is 7.09. The summed E-state index contributed by atoms with van der Waals surface area (Å²) in [7, 11) is 0. The Morgan fingerprint density at radius 2 is 1.80 bits per heavy atom. The minimum atomic E-state index is -0.609. The number of fused-ring (bicyclic) bond motifs is 3. The molecule has 2 aromatic carbocycles. The summed E-state index contributed by atoms with van der Waals surface area (Å²) in [6.45, 7) is 2.41. The number of aromatic nitrogens is 3. The van der Waals surface area contributed by atoms with Crippen molar-refractivity contribution in [1.82, 2.24) is 19.9 Å². The van der Waals surface area contributed by atoms with E-state index in [2.05, 4.69) is 28.5 Å². The summed E-state index contributed by atoms with van der Waals surface area (Å²) in [4.78, 5) is 33.5. The number of hydrogen-bond acceptors (Lipinski definition) is 4. The second kappa shape index (κ2) is 8.75. The lowest BCUT2D eigenvalue weighted by Gasteiger charge is -2.27. The first-order valence-corrected chi connectivity index (χ1v) is 11.3. The highest BCUT2D eigenvalue weighted by molar-refractivity contribution is 7.98. The molecule has 1 aliphatic heterocycles. The number of rotatable bonds is 3. The maximum atomic E-state index is 13.1. The lowest BCUT2D eigenvalue weighted by atomic mass is 10.0. The van der Waals surface area contributed by atoms with Gasteiger partial charge in [0.15, 0.2) is 0 Å². The molecule has 1 aliphatic rings. The Labute approximate surface area is 178 Å². The van der Waals surface area contributed by atoms with Crippen LogP contribution in [0.2, 0.25) is 0 Å². The molecule has 4 aromatic rings. The van der Waals surface area contributed by atoms with Gasteiger partial charge in [-0.15, -0.1) is 0 Å². The van der Waals surface area contributed by atoms with Crippen molar-refractivity contribution in [2.45, 2.75) is 25.9 Å². The van der Waals surface area contributed by atoms with E-state index in [-0.39, 0.29) is 18.0 Å². The van der Waals surface area contributed by atoms with Gasteiger partial charge in [0.1, 0.15) is 11.9 Å². The molecule has 0 saturated heterocycles. The van der Waals surface area contributed by atoms with Crippen molar-refractivity contribution >= 4 is 39.5 Å². The van der Waals surface area contributed by atoms with Crippen LogP contribution in [0.4, 0.5) is 0 Å². The summed E-state index contributed by atoms with van der Waals surface area (Å²) in [5, 5.41) is 4.47. The van der Waals surface area contributed by atoms with E-state index in [1.807, 2.05) is 60.4 Å². The first-order chi connectivity index (χ1) is 14.6. The van der Waals surface area contributed by atoms with E-state index < -0.39 is 6.04 Å². The molecule has 2 aromatic heterocycles. The monoisotopic (exact) mass is 420 g/mol. The maximum Gasteiger partial charge on any atom is 0.262 e. The summed E-state index contributed by atoms with van der Waals surface area (Å²) >= 11 is 1.86. The Balaban J connectivity index is 0.000000503. The number of H-pyrrole nitrogens is 1. The van der Waals surface area contributed by atoms with Gasteiger partial charge in [0.05, 0.1) is 17.4 Å². The lowest BCUT2D eigenvalue weighted by Crippen LogP contribution is -2.45. The quantitative estimate of drug-likeness (QED) is 0.530. The summed E-state index contributed by atoms with van der Waals surface area (Å²) in [5.41, 5.74) is 2.52. The Morgan fingerprint density at radius 1 is 1.10 bits per heavy atom. The highest BCUT2D eigenvalue weighted by Gasteiger charge is 2.30. The Morgan fingerprint density at radius 3 is 2.57 bits per heavy atom. The predicted molar refractivity (Wildman–Crippen MR) is 123 cm³/mol. The van der Waals surface area contributed by atoms with E-state index in [0.717, 1.165) is 16.5 Å². The molecule has 0 spiro atoms. The van der Waals surface area contributed by atoms with Gasteiger partial charge in [-0.2, -0.15) is 11.8 Å². The van der Waals surface area contributed by atoms with Crippen molar-refractivity contribution in [2.75, 3.05) is 12.0 Å². The van der Waals surface area contributed by atoms with Crippen molar-refractivity contribution in [2.24, 2.45) is 0 Å². The van der Waals surface area contributed by atoms with Crippen LogP contribution in [-0.4, -0.2) is 32.5 Å². The number of benzene rings is 2. The van der Waals surface area contributed by atoms with Gasteiger partial charge in [0.2, 0.25) is 5.91 Å². The average Bonchev–Trinajstić information content (AvgIpc) is 3.19. The number of hydrogen-bond donors (Lipinski definition) is 2. The van der Waals surface area contributed by atoms with Crippen LogP contribution in [0.1, 0.15) is 24.4 Å². The van der Waals surface area contributed by atoms with Crippen molar-refractivity contribution in [1.29, 1.82) is 0 Å². The third-order valence-electron chi connectivity index (χ3n) is 5.29. The molecule has 0 radical (unpaired) electrons. The molecule has 0 fully saturated rings. The minimum Gasteiger partial charge on any atom is -0.361 e. The third-order valence-corrected chi connectivity index (χ3v) is 5.87. The fraction of sp³-hybridized carbons (Fsp3) is 0.261. The predicted octanol–water partition coefficient (Wildman–Crippen LogP) is 3.66. The van der Waals surface area contributed by atoms with E-state index in [1.165, 1.54) is 5.75 Å². The van der Waals surface area contributed by atoms with Crippen LogP contribution in [0.25, 0.3) is 21.8 Å². The van der Waals surface area contributed by atoms with E-state index in [0.29, 0.717) is 23.1 Å². The minimum absolute atomic E-state index is 0.151. The van der Waals surface area contributed by atoms with E-state index in [9.17, 15) is 9.59 Å². The Kier molecular flexibility index (Phi) is 5.90. The van der Waals surface area contributed by atoms with E-state index in [1.54, 1.807) is 10.6 Å². The fourth-order valence-electron chi connectivity index (χ4n) is 3.73. The van der Waals surface area contributed by atoms with Gasteiger partial charge in [-0.1, -0.05) is 37.3 Å². The zero-order valence-corrected chi connectivity index (χ0v) is 17.8. The molecule has 1 atom stereocenters. The number of para-hydroxylation sites is 2. The van der Waals surface area contributed by atoms with Gasteiger partial charge in [0, 0.05) is 23.5 Å². The molecule has 0 aliphatic carbocycles. The molecule has 2 N–H and O–H groups in total. The summed E-state index contributed by atoms with van der Waals surface area (Å²) in [5.74, 6) is 1.68. The van der Waals surface area contributed by atoms with Gasteiger partial charge in [0.25, 0.3) is 5.56 Å². The van der Waals surface area contributed by atoms with Gasteiger partial charge in [-0.25, -0.2) is 4.98 Å². The highest BCUT2D eigenvalue weighted by Crippen LogP contribution is 2.25. The molecule has 7 heteroatoms. The van der Waals surface area contributed by atoms with Crippen molar-refractivity contribution in [3.63, 3.8) is 0 Å². The average molecular weight is 421 g/mol. The molecule has 1 amide bonds. The fourth-order valence-corrected chi connectivity index (χ4v) is 3.73. The first kappa shape index (κ1) is 20.2. The van der Waals surface area contributed by atoms with Crippen LogP contribution in [0.5, 0.6) is 0 Å². The Hall–Kier alpha value is -3.06. The number of nitrogens with zero attached hydrogens (tertiary/aromatic N) is 2. The number of nitrogens with one attached hydrogen (secondary N) is 2. The van der Waals surface area contributed by atoms with E-state index in [4.69, 9.17) is 0 Å². The summed E-state index contributed by atoms with van der Waals surface area (Å²) in [6.07, 6.45) is 4.44. The van der Waals surface area contributed by atoms with Gasteiger partial charge < -0.3 is 10.3 Å². The molecule has 6 nitrogen and oxygen atoms in total. The van der Waals surface area contributed by atoms with Crippen molar-refractivity contribution < 1.29 is 4.79 Å². The molecular weight excluding hydrogens is 396 g/mol. The van der Waals surface area contributed by atoms with Crippen LogP contribution in [0.15, 0.2) is 59.5 Å². The number of aromatic amines is 1. The van der Waals surface area contributed by atoms with Crippen molar-refractivity contribution in [3.8, 4) is 0 Å².